The van der Waals surface area contributed by atoms with Gasteiger partial charge < -0.3 is 10.0 Å². The lowest BCUT2D eigenvalue weighted by molar-refractivity contribution is 0.0697. The summed E-state index contributed by atoms with van der Waals surface area (Å²) in [5.74, 6) is -0.886. The molecule has 3 rings (SSSR count). The first-order valence-electron chi connectivity index (χ1n) is 9.11. The summed E-state index contributed by atoms with van der Waals surface area (Å²) >= 11 is 0. The normalized spacial score (nSPS) is 18.4. The summed E-state index contributed by atoms with van der Waals surface area (Å²) in [6.07, 6.45) is 3.95. The Morgan fingerprint density at radius 3 is 2.62 bits per heavy atom. The highest BCUT2D eigenvalue weighted by Crippen LogP contribution is 2.27. The lowest BCUT2D eigenvalue weighted by Crippen LogP contribution is -2.51. The predicted molar refractivity (Wildman–Crippen MR) is 107 cm³/mol. The minimum Gasteiger partial charge on any atom is -0.478 e. The first-order valence-corrected chi connectivity index (χ1v) is 9.11. The fourth-order valence-corrected chi connectivity index (χ4v) is 3.56. The first-order chi connectivity index (χ1) is 12.6. The summed E-state index contributed by atoms with van der Waals surface area (Å²) < 4.78 is 0. The van der Waals surface area contributed by atoms with E-state index in [1.54, 1.807) is 12.1 Å². The van der Waals surface area contributed by atoms with E-state index in [1.165, 1.54) is 5.56 Å². The SMILES string of the molecule is C/C=C\c1cc(C(=O)O)ccc1N1CCN(Cc2ccccc2)[C@H](C)C1. The van der Waals surface area contributed by atoms with Crippen molar-refractivity contribution in [3.8, 4) is 0 Å². The van der Waals surface area contributed by atoms with Gasteiger partial charge >= 0.3 is 5.97 Å². The molecule has 0 amide bonds. The van der Waals surface area contributed by atoms with Crippen LogP contribution in [0.5, 0.6) is 0 Å². The maximum Gasteiger partial charge on any atom is 0.335 e. The van der Waals surface area contributed by atoms with Crippen LogP contribution in [0.4, 0.5) is 5.69 Å². The van der Waals surface area contributed by atoms with Gasteiger partial charge in [0.05, 0.1) is 5.56 Å². The molecule has 1 fully saturated rings. The number of benzene rings is 2. The molecule has 0 spiro atoms. The molecule has 0 saturated carbocycles. The standard InChI is InChI=1S/C22H26N2O2/c1-3-7-19-14-20(22(25)26)10-11-21(19)24-13-12-23(17(2)15-24)16-18-8-5-4-6-9-18/h3-11,14,17H,12-13,15-16H2,1-2H3,(H,25,26)/b7-3-/t17-/m1/s1. The van der Waals surface area contributed by atoms with Crippen LogP contribution in [-0.2, 0) is 6.54 Å². The number of anilines is 1. The van der Waals surface area contributed by atoms with Crippen molar-refractivity contribution in [2.45, 2.75) is 26.4 Å². The van der Waals surface area contributed by atoms with Gasteiger partial charge in [0.2, 0.25) is 0 Å². The number of hydrogen-bond donors (Lipinski definition) is 1. The van der Waals surface area contributed by atoms with E-state index in [-0.39, 0.29) is 0 Å². The van der Waals surface area contributed by atoms with Crippen LogP contribution in [0.3, 0.4) is 0 Å². The Morgan fingerprint density at radius 1 is 1.19 bits per heavy atom. The van der Waals surface area contributed by atoms with E-state index < -0.39 is 5.97 Å². The van der Waals surface area contributed by atoms with Gasteiger partial charge in [-0.25, -0.2) is 4.79 Å². The van der Waals surface area contributed by atoms with Gasteiger partial charge in [-0.2, -0.15) is 0 Å². The summed E-state index contributed by atoms with van der Waals surface area (Å²) in [5.41, 5.74) is 3.75. The average Bonchev–Trinajstić information content (AvgIpc) is 2.64. The van der Waals surface area contributed by atoms with Gasteiger partial charge in [-0.15, -0.1) is 0 Å². The molecule has 0 aliphatic carbocycles. The molecule has 0 bridgehead atoms. The molecule has 1 atom stereocenters. The molecular formula is C22H26N2O2. The van der Waals surface area contributed by atoms with Crippen LogP contribution in [0.25, 0.3) is 6.08 Å². The third kappa shape index (κ3) is 4.14. The molecule has 2 aromatic rings. The number of allylic oxidation sites excluding steroid dienone is 1. The largest absolute Gasteiger partial charge is 0.478 e. The Labute approximate surface area is 155 Å². The van der Waals surface area contributed by atoms with Crippen LogP contribution in [0.15, 0.2) is 54.6 Å². The highest BCUT2D eigenvalue weighted by Gasteiger charge is 2.25. The topological polar surface area (TPSA) is 43.8 Å². The van der Waals surface area contributed by atoms with Crippen LogP contribution in [0, 0.1) is 0 Å². The average molecular weight is 350 g/mol. The van der Waals surface area contributed by atoms with Gasteiger partial charge in [0.1, 0.15) is 0 Å². The third-order valence-electron chi connectivity index (χ3n) is 4.95. The monoisotopic (exact) mass is 350 g/mol. The van der Waals surface area contributed by atoms with Crippen molar-refractivity contribution >= 4 is 17.7 Å². The second kappa shape index (κ2) is 8.19. The Bertz CT molecular complexity index is 786. The van der Waals surface area contributed by atoms with Crippen LogP contribution >= 0.6 is 0 Å². The summed E-state index contributed by atoms with van der Waals surface area (Å²) in [6, 6.07) is 16.4. The van der Waals surface area contributed by atoms with Crippen molar-refractivity contribution in [2.75, 3.05) is 24.5 Å². The number of rotatable bonds is 5. The molecule has 0 unspecified atom stereocenters. The molecule has 1 heterocycles. The molecule has 0 radical (unpaired) electrons. The van der Waals surface area contributed by atoms with Gasteiger partial charge in [0.25, 0.3) is 0 Å². The summed E-state index contributed by atoms with van der Waals surface area (Å²) in [5, 5.41) is 9.25. The van der Waals surface area contributed by atoms with E-state index in [9.17, 15) is 9.90 Å². The Balaban J connectivity index is 1.75. The molecule has 136 valence electrons. The van der Waals surface area contributed by atoms with Gasteiger partial charge in [-0.05, 0) is 43.2 Å². The van der Waals surface area contributed by atoms with Crippen LogP contribution < -0.4 is 4.90 Å². The van der Waals surface area contributed by atoms with Crippen LogP contribution in [0.1, 0.15) is 35.3 Å². The molecule has 1 aliphatic heterocycles. The lowest BCUT2D eigenvalue weighted by atomic mass is 10.0. The number of hydrogen-bond acceptors (Lipinski definition) is 3. The quantitative estimate of drug-likeness (QED) is 0.881. The summed E-state index contributed by atoms with van der Waals surface area (Å²) in [7, 11) is 0. The van der Waals surface area contributed by atoms with Crippen LogP contribution in [0.2, 0.25) is 0 Å². The van der Waals surface area contributed by atoms with Gasteiger partial charge in [0.15, 0.2) is 0 Å². The highest BCUT2D eigenvalue weighted by molar-refractivity contribution is 5.89. The minimum absolute atomic E-state index is 0.331. The zero-order valence-corrected chi connectivity index (χ0v) is 15.4. The Morgan fingerprint density at radius 2 is 1.96 bits per heavy atom. The number of carboxylic acids is 1. The third-order valence-corrected chi connectivity index (χ3v) is 4.95. The molecule has 1 N–H and O–H groups in total. The van der Waals surface area contributed by atoms with Crippen molar-refractivity contribution in [1.29, 1.82) is 0 Å². The highest BCUT2D eigenvalue weighted by atomic mass is 16.4. The fourth-order valence-electron chi connectivity index (χ4n) is 3.56. The fraction of sp³-hybridized carbons (Fsp3) is 0.318. The number of nitrogens with zero attached hydrogens (tertiary/aromatic N) is 2. The maximum absolute atomic E-state index is 11.3. The smallest absolute Gasteiger partial charge is 0.335 e. The van der Waals surface area contributed by atoms with E-state index in [4.69, 9.17) is 0 Å². The molecule has 1 saturated heterocycles. The van der Waals surface area contributed by atoms with Crippen LogP contribution in [-0.4, -0.2) is 41.7 Å². The number of carbonyl (C=O) groups is 1. The molecule has 26 heavy (non-hydrogen) atoms. The second-order valence-corrected chi connectivity index (χ2v) is 6.83. The molecule has 1 aliphatic rings. The number of piperazine rings is 1. The summed E-state index contributed by atoms with van der Waals surface area (Å²) in [4.78, 5) is 16.1. The van der Waals surface area contributed by atoms with Crippen molar-refractivity contribution in [3.63, 3.8) is 0 Å². The zero-order chi connectivity index (χ0) is 18.5. The molecular weight excluding hydrogens is 324 g/mol. The van der Waals surface area contributed by atoms with E-state index >= 15 is 0 Å². The first kappa shape index (κ1) is 18.2. The molecule has 4 nitrogen and oxygen atoms in total. The minimum atomic E-state index is -0.886. The van der Waals surface area contributed by atoms with Crippen molar-refractivity contribution in [1.82, 2.24) is 4.90 Å². The Hall–Kier alpha value is -2.59. The molecule has 4 heteroatoms. The Kier molecular flexibility index (Phi) is 5.74. The molecule has 0 aromatic heterocycles. The number of aromatic carboxylic acids is 1. The van der Waals surface area contributed by atoms with Crippen molar-refractivity contribution in [2.24, 2.45) is 0 Å². The number of carboxylic acid groups (broad SMARTS) is 1. The zero-order valence-electron chi connectivity index (χ0n) is 15.4. The van der Waals surface area contributed by atoms with E-state index in [2.05, 4.69) is 47.1 Å². The predicted octanol–water partition coefficient (Wildman–Crippen LogP) is 4.13. The lowest BCUT2D eigenvalue weighted by Gasteiger charge is -2.41. The van der Waals surface area contributed by atoms with Gasteiger partial charge in [-0.1, -0.05) is 42.5 Å². The second-order valence-electron chi connectivity index (χ2n) is 6.83. The molecule has 2 aromatic carbocycles. The van der Waals surface area contributed by atoms with Crippen molar-refractivity contribution in [3.05, 3.63) is 71.3 Å². The van der Waals surface area contributed by atoms with E-state index in [0.717, 1.165) is 37.4 Å². The van der Waals surface area contributed by atoms with Gasteiger partial charge in [-0.3, -0.25) is 4.90 Å². The summed E-state index contributed by atoms with van der Waals surface area (Å²) in [6.45, 7) is 8.05. The maximum atomic E-state index is 11.3. The van der Waals surface area contributed by atoms with E-state index in [1.807, 2.05) is 25.1 Å². The van der Waals surface area contributed by atoms with Crippen molar-refractivity contribution < 1.29 is 9.90 Å². The van der Waals surface area contributed by atoms with E-state index in [0.29, 0.717) is 11.6 Å². The van der Waals surface area contributed by atoms with Gasteiger partial charge in [0, 0.05) is 37.9 Å².